The van der Waals surface area contributed by atoms with Gasteiger partial charge in [-0.3, -0.25) is 9.48 Å². The van der Waals surface area contributed by atoms with Crippen LogP contribution in [0.5, 0.6) is 0 Å². The van der Waals surface area contributed by atoms with Crippen molar-refractivity contribution in [2.45, 2.75) is 37.4 Å². The second kappa shape index (κ2) is 6.77. The van der Waals surface area contributed by atoms with Gasteiger partial charge in [0.15, 0.2) is 5.13 Å². The maximum atomic E-state index is 13.6. The molecule has 6 rings (SSSR count). The third-order valence-corrected chi connectivity index (χ3v) is 8.33. The van der Waals surface area contributed by atoms with E-state index in [9.17, 15) is 9.90 Å². The Hall–Kier alpha value is -1.97. The third-order valence-electron chi connectivity index (χ3n) is 7.50. The number of fused-ring (bicyclic) bond motifs is 2. The van der Waals surface area contributed by atoms with E-state index in [-0.39, 0.29) is 30.5 Å². The molecule has 3 saturated heterocycles. The first kappa shape index (κ1) is 18.8. The molecule has 1 aliphatic carbocycles. The van der Waals surface area contributed by atoms with E-state index < -0.39 is 5.60 Å². The van der Waals surface area contributed by atoms with Crippen molar-refractivity contribution in [3.05, 3.63) is 28.5 Å². The van der Waals surface area contributed by atoms with Crippen molar-refractivity contribution >= 4 is 22.4 Å². The molecule has 2 aromatic rings. The molecule has 0 radical (unpaired) electrons. The molecule has 30 heavy (non-hydrogen) atoms. The lowest BCUT2D eigenvalue weighted by Gasteiger charge is -2.40. The highest BCUT2D eigenvalue weighted by atomic mass is 32.1. The average Bonchev–Trinajstić information content (AvgIpc) is 3.48. The molecule has 3 aliphatic heterocycles. The van der Waals surface area contributed by atoms with Gasteiger partial charge in [0.2, 0.25) is 0 Å². The summed E-state index contributed by atoms with van der Waals surface area (Å²) in [4.78, 5) is 22.3. The number of morpholine rings is 1. The number of likely N-dealkylation sites (tertiary alicyclic amines) is 1. The van der Waals surface area contributed by atoms with E-state index in [0.29, 0.717) is 19.6 Å². The van der Waals surface area contributed by atoms with Gasteiger partial charge in [-0.2, -0.15) is 5.10 Å². The van der Waals surface area contributed by atoms with Crippen LogP contribution < -0.4 is 4.90 Å². The number of amides is 1. The summed E-state index contributed by atoms with van der Waals surface area (Å²) in [6.07, 6.45) is 5.97. The number of aliphatic hydroxyl groups is 1. The summed E-state index contributed by atoms with van der Waals surface area (Å²) in [5, 5.41) is 17.8. The third kappa shape index (κ3) is 2.61. The molecule has 0 aromatic carbocycles. The lowest BCUT2D eigenvalue weighted by Crippen LogP contribution is -2.54. The van der Waals surface area contributed by atoms with Gasteiger partial charge in [0, 0.05) is 55.7 Å². The molecule has 5 heterocycles. The largest absolute Gasteiger partial charge is 0.396 e. The Morgan fingerprint density at radius 3 is 3.00 bits per heavy atom. The molecule has 0 saturated carbocycles. The quantitative estimate of drug-likeness (QED) is 0.787. The number of nitrogens with zero attached hydrogens (tertiary/aromatic N) is 5. The maximum absolute atomic E-state index is 13.6. The zero-order chi connectivity index (χ0) is 20.5. The Balaban J connectivity index is 1.31. The number of aryl methyl sites for hydroxylation is 2. The molecule has 0 unspecified atom stereocenters. The topological polar surface area (TPSA) is 83.7 Å². The number of hydrogen-bond donors (Lipinski definition) is 1. The van der Waals surface area contributed by atoms with Crippen LogP contribution in [0, 0.1) is 11.8 Å². The number of rotatable bonds is 3. The summed E-state index contributed by atoms with van der Waals surface area (Å²) in [5.41, 5.74) is 2.53. The van der Waals surface area contributed by atoms with Crippen molar-refractivity contribution in [2.75, 3.05) is 37.7 Å². The van der Waals surface area contributed by atoms with Crippen molar-refractivity contribution in [2.24, 2.45) is 18.9 Å². The molecule has 1 spiro atoms. The lowest BCUT2D eigenvalue weighted by molar-refractivity contribution is -0.0625. The van der Waals surface area contributed by atoms with Crippen molar-refractivity contribution in [3.63, 3.8) is 0 Å². The molecule has 1 amide bonds. The Morgan fingerprint density at radius 1 is 1.33 bits per heavy atom. The van der Waals surface area contributed by atoms with E-state index in [1.165, 1.54) is 0 Å². The van der Waals surface area contributed by atoms with Crippen LogP contribution in [0.2, 0.25) is 0 Å². The number of carbonyl (C=O) groups is 1. The second-order valence-electron chi connectivity index (χ2n) is 9.16. The molecule has 160 valence electrons. The van der Waals surface area contributed by atoms with Gasteiger partial charge < -0.3 is 19.6 Å². The number of hydrogen-bond acceptors (Lipinski definition) is 7. The first-order valence-electron chi connectivity index (χ1n) is 10.9. The number of aliphatic hydroxyl groups excluding tert-OH is 1. The number of ether oxygens (including phenoxy) is 1. The number of thiazole rings is 1. The number of aromatic nitrogens is 3. The first-order chi connectivity index (χ1) is 14.6. The van der Waals surface area contributed by atoms with E-state index in [2.05, 4.69) is 15.0 Å². The fraction of sp³-hybridized carbons (Fsp3) is 0.667. The van der Waals surface area contributed by atoms with Crippen molar-refractivity contribution in [1.29, 1.82) is 0 Å². The van der Waals surface area contributed by atoms with Crippen LogP contribution >= 0.6 is 11.3 Å². The first-order valence-corrected chi connectivity index (χ1v) is 11.7. The molecular formula is C21H27N5O3S. The Kier molecular flexibility index (Phi) is 4.23. The molecular weight excluding hydrogens is 402 g/mol. The van der Waals surface area contributed by atoms with E-state index in [1.54, 1.807) is 16.0 Å². The summed E-state index contributed by atoms with van der Waals surface area (Å²) in [6.45, 7) is 2.75. The minimum absolute atomic E-state index is 0.0145. The summed E-state index contributed by atoms with van der Waals surface area (Å²) in [5.74, 6) is 0.249. The van der Waals surface area contributed by atoms with Gasteiger partial charge in [-0.15, -0.1) is 11.3 Å². The van der Waals surface area contributed by atoms with Crippen LogP contribution in [0.25, 0.3) is 0 Å². The Morgan fingerprint density at radius 2 is 2.20 bits per heavy atom. The van der Waals surface area contributed by atoms with Gasteiger partial charge in [-0.1, -0.05) is 0 Å². The average molecular weight is 430 g/mol. The van der Waals surface area contributed by atoms with E-state index in [0.717, 1.165) is 54.3 Å². The van der Waals surface area contributed by atoms with Crippen LogP contribution in [-0.4, -0.2) is 75.2 Å². The predicted octanol–water partition coefficient (Wildman–Crippen LogP) is 1.09. The summed E-state index contributed by atoms with van der Waals surface area (Å²) < 4.78 is 8.32. The van der Waals surface area contributed by atoms with Gasteiger partial charge >= 0.3 is 0 Å². The summed E-state index contributed by atoms with van der Waals surface area (Å²) >= 11 is 1.63. The molecule has 9 heteroatoms. The minimum Gasteiger partial charge on any atom is -0.396 e. The van der Waals surface area contributed by atoms with Crippen molar-refractivity contribution in [1.82, 2.24) is 19.7 Å². The van der Waals surface area contributed by atoms with Gasteiger partial charge in [-0.25, -0.2) is 4.98 Å². The van der Waals surface area contributed by atoms with Gasteiger partial charge in [0.05, 0.1) is 24.9 Å². The summed E-state index contributed by atoms with van der Waals surface area (Å²) in [6, 6.07) is 0. The van der Waals surface area contributed by atoms with Crippen LogP contribution in [0.15, 0.2) is 11.6 Å². The highest BCUT2D eigenvalue weighted by Crippen LogP contribution is 2.50. The standard InChI is InChI=1S/C21H27N5O3S/c1-24-18(13-4-2-3-5-16(13)23-24)19(28)25-8-15-14(10-27)17-9-26(20-22-6-7-30-20)12-21(15,11-25)29-17/h6-7,14-15,17,27H,2-5,8-12H2,1H3/t14-,15+,17+,21-/m0/s1. The zero-order valence-corrected chi connectivity index (χ0v) is 18.0. The fourth-order valence-corrected chi connectivity index (χ4v) is 6.86. The van der Waals surface area contributed by atoms with Crippen molar-refractivity contribution in [3.8, 4) is 0 Å². The monoisotopic (exact) mass is 429 g/mol. The Bertz CT molecular complexity index is 976. The number of anilines is 1. The fourth-order valence-electron chi connectivity index (χ4n) is 6.20. The molecule has 2 bridgehead atoms. The summed E-state index contributed by atoms with van der Waals surface area (Å²) in [7, 11) is 1.88. The smallest absolute Gasteiger partial charge is 0.272 e. The van der Waals surface area contributed by atoms with Crippen molar-refractivity contribution < 1.29 is 14.6 Å². The predicted molar refractivity (Wildman–Crippen MR) is 112 cm³/mol. The molecule has 1 N–H and O–H groups in total. The maximum Gasteiger partial charge on any atom is 0.272 e. The number of carbonyl (C=O) groups excluding carboxylic acids is 1. The highest BCUT2D eigenvalue weighted by molar-refractivity contribution is 7.13. The molecule has 2 aromatic heterocycles. The van der Waals surface area contributed by atoms with Crippen LogP contribution in [0.1, 0.15) is 34.6 Å². The van der Waals surface area contributed by atoms with Crippen LogP contribution in [-0.2, 0) is 24.6 Å². The highest BCUT2D eigenvalue weighted by Gasteiger charge is 2.63. The van der Waals surface area contributed by atoms with E-state index in [1.807, 2.05) is 23.5 Å². The second-order valence-corrected chi connectivity index (χ2v) is 10.0. The van der Waals surface area contributed by atoms with Gasteiger partial charge in [-0.05, 0) is 25.7 Å². The van der Waals surface area contributed by atoms with E-state index >= 15 is 0 Å². The molecule has 4 aliphatic rings. The SMILES string of the molecule is Cn1nc2c(c1C(=O)N1C[C@@H]3[C@H](CO)[C@H]4CN(c5nccs5)C[C@]3(C1)O4)CCCC2. The lowest BCUT2D eigenvalue weighted by atomic mass is 9.83. The normalized spacial score (nSPS) is 32.4. The van der Waals surface area contributed by atoms with Crippen LogP contribution in [0.3, 0.4) is 0 Å². The molecule has 3 fully saturated rings. The molecule has 4 atom stereocenters. The van der Waals surface area contributed by atoms with E-state index in [4.69, 9.17) is 4.74 Å². The molecule has 8 nitrogen and oxygen atoms in total. The zero-order valence-electron chi connectivity index (χ0n) is 17.2. The Labute approximate surface area is 179 Å². The van der Waals surface area contributed by atoms with Gasteiger partial charge in [0.25, 0.3) is 5.91 Å². The minimum atomic E-state index is -0.434. The van der Waals surface area contributed by atoms with Gasteiger partial charge in [0.1, 0.15) is 11.3 Å². The van der Waals surface area contributed by atoms with Crippen LogP contribution in [0.4, 0.5) is 5.13 Å².